The van der Waals surface area contributed by atoms with E-state index >= 15 is 0 Å². The second-order valence-electron chi connectivity index (χ2n) is 6.84. The van der Waals surface area contributed by atoms with Crippen molar-refractivity contribution in [2.45, 2.75) is 58.5 Å². The zero-order valence-corrected chi connectivity index (χ0v) is 12.4. The van der Waals surface area contributed by atoms with Gasteiger partial charge in [0.2, 0.25) is 11.7 Å². The highest BCUT2D eigenvalue weighted by Gasteiger charge is 2.37. The molecule has 1 aliphatic rings. The number of rotatable bonds is 4. The Hall–Kier alpha value is -0.940. The van der Waals surface area contributed by atoms with E-state index in [4.69, 9.17) is 15.0 Å². The molecule has 2 heterocycles. The Morgan fingerprint density at radius 1 is 1.42 bits per heavy atom. The van der Waals surface area contributed by atoms with Crippen molar-refractivity contribution in [3.05, 3.63) is 11.7 Å². The second-order valence-corrected chi connectivity index (χ2v) is 6.84. The number of hydrogen-bond donors (Lipinski definition) is 1. The van der Waals surface area contributed by atoms with E-state index in [1.54, 1.807) is 0 Å². The van der Waals surface area contributed by atoms with E-state index in [1.165, 1.54) is 0 Å². The maximum atomic E-state index is 5.85. The van der Waals surface area contributed by atoms with E-state index in [2.05, 4.69) is 30.9 Å². The molecule has 0 radical (unpaired) electrons. The lowest BCUT2D eigenvalue weighted by molar-refractivity contribution is 0.00768. The van der Waals surface area contributed by atoms with E-state index in [0.717, 1.165) is 25.9 Å². The van der Waals surface area contributed by atoms with E-state index in [0.29, 0.717) is 18.3 Å². The van der Waals surface area contributed by atoms with Crippen LogP contribution in [0.5, 0.6) is 0 Å². The van der Waals surface area contributed by atoms with Gasteiger partial charge in [-0.05, 0) is 31.6 Å². The number of hydrogen-bond acceptors (Lipinski definition) is 5. The Balaban J connectivity index is 2.15. The fourth-order valence-electron chi connectivity index (χ4n) is 2.58. The summed E-state index contributed by atoms with van der Waals surface area (Å²) in [5, 5.41) is 4.10. The molecule has 19 heavy (non-hydrogen) atoms. The first kappa shape index (κ1) is 14.5. The predicted octanol–water partition coefficient (Wildman–Crippen LogP) is 2.57. The lowest BCUT2D eigenvalue weighted by atomic mass is 9.84. The van der Waals surface area contributed by atoms with Gasteiger partial charge in [-0.3, -0.25) is 0 Å². The van der Waals surface area contributed by atoms with Crippen LogP contribution in [0.15, 0.2) is 4.52 Å². The van der Waals surface area contributed by atoms with Gasteiger partial charge in [-0.15, -0.1) is 0 Å². The van der Waals surface area contributed by atoms with E-state index in [-0.39, 0.29) is 16.9 Å². The SMILES string of the molecule is CC(C)(C)CC(CN)c1nc(C2(C)CCCO2)no1. The first-order valence-corrected chi connectivity index (χ1v) is 7.02. The van der Waals surface area contributed by atoms with Gasteiger partial charge in [-0.2, -0.15) is 4.98 Å². The summed E-state index contributed by atoms with van der Waals surface area (Å²) >= 11 is 0. The van der Waals surface area contributed by atoms with Crippen LogP contribution < -0.4 is 5.73 Å². The van der Waals surface area contributed by atoms with Gasteiger partial charge in [0.05, 0.1) is 5.92 Å². The lowest BCUT2D eigenvalue weighted by Gasteiger charge is -2.22. The topological polar surface area (TPSA) is 74.2 Å². The van der Waals surface area contributed by atoms with Crippen LogP contribution in [-0.4, -0.2) is 23.3 Å². The van der Waals surface area contributed by atoms with E-state index in [9.17, 15) is 0 Å². The average molecular weight is 267 g/mol. The minimum atomic E-state index is -0.386. The highest BCUT2D eigenvalue weighted by Crippen LogP contribution is 2.35. The van der Waals surface area contributed by atoms with Crippen molar-refractivity contribution < 1.29 is 9.26 Å². The monoisotopic (exact) mass is 267 g/mol. The number of aromatic nitrogens is 2. The van der Waals surface area contributed by atoms with Gasteiger partial charge in [-0.25, -0.2) is 0 Å². The Kier molecular flexibility index (Phi) is 3.97. The van der Waals surface area contributed by atoms with Crippen LogP contribution in [0.25, 0.3) is 0 Å². The second kappa shape index (κ2) is 5.21. The lowest BCUT2D eigenvalue weighted by Crippen LogP contribution is -2.23. The molecule has 1 aromatic rings. The molecule has 108 valence electrons. The van der Waals surface area contributed by atoms with Crippen LogP contribution in [-0.2, 0) is 10.3 Å². The van der Waals surface area contributed by atoms with Gasteiger partial charge in [0.1, 0.15) is 5.60 Å². The van der Waals surface area contributed by atoms with Crippen LogP contribution >= 0.6 is 0 Å². The summed E-state index contributed by atoms with van der Waals surface area (Å²) in [4.78, 5) is 4.54. The van der Waals surface area contributed by atoms with Crippen LogP contribution in [0.1, 0.15) is 64.6 Å². The number of nitrogens with two attached hydrogens (primary N) is 1. The molecular formula is C14H25N3O2. The Morgan fingerprint density at radius 2 is 2.16 bits per heavy atom. The van der Waals surface area contributed by atoms with Crippen molar-refractivity contribution in [3.63, 3.8) is 0 Å². The summed E-state index contributed by atoms with van der Waals surface area (Å²) in [5.41, 5.74) is 5.65. The number of ether oxygens (including phenoxy) is 1. The first-order valence-electron chi connectivity index (χ1n) is 7.02. The molecule has 0 aliphatic carbocycles. The molecule has 1 aliphatic heterocycles. The minimum Gasteiger partial charge on any atom is -0.367 e. The van der Waals surface area contributed by atoms with Gasteiger partial charge in [0.25, 0.3) is 0 Å². The maximum absolute atomic E-state index is 5.85. The van der Waals surface area contributed by atoms with Crippen molar-refractivity contribution in [2.75, 3.05) is 13.2 Å². The largest absolute Gasteiger partial charge is 0.367 e. The third kappa shape index (κ3) is 3.34. The molecule has 0 aromatic carbocycles. The first-order chi connectivity index (χ1) is 8.84. The van der Waals surface area contributed by atoms with E-state index in [1.807, 2.05) is 6.92 Å². The van der Waals surface area contributed by atoms with Crippen LogP contribution in [0, 0.1) is 5.41 Å². The highest BCUT2D eigenvalue weighted by atomic mass is 16.5. The maximum Gasteiger partial charge on any atom is 0.231 e. The summed E-state index contributed by atoms with van der Waals surface area (Å²) in [5.74, 6) is 1.42. The summed E-state index contributed by atoms with van der Waals surface area (Å²) in [6.45, 7) is 9.88. The third-order valence-corrected chi connectivity index (χ3v) is 3.63. The van der Waals surface area contributed by atoms with Crippen molar-refractivity contribution in [2.24, 2.45) is 11.1 Å². The minimum absolute atomic E-state index is 0.117. The molecule has 5 nitrogen and oxygen atoms in total. The fraction of sp³-hybridized carbons (Fsp3) is 0.857. The molecule has 0 amide bonds. The van der Waals surface area contributed by atoms with Crippen molar-refractivity contribution in [1.29, 1.82) is 0 Å². The van der Waals surface area contributed by atoms with Gasteiger partial charge in [0.15, 0.2) is 0 Å². The van der Waals surface area contributed by atoms with Gasteiger partial charge in [-0.1, -0.05) is 25.9 Å². The molecule has 0 saturated carbocycles. The Bertz CT molecular complexity index is 417. The van der Waals surface area contributed by atoms with Crippen molar-refractivity contribution in [3.8, 4) is 0 Å². The predicted molar refractivity (Wildman–Crippen MR) is 72.7 cm³/mol. The molecule has 2 N–H and O–H groups in total. The summed E-state index contributed by atoms with van der Waals surface area (Å²) < 4.78 is 11.2. The zero-order chi connectivity index (χ0) is 14.1. The fourth-order valence-corrected chi connectivity index (χ4v) is 2.58. The molecule has 1 fully saturated rings. The molecule has 1 saturated heterocycles. The van der Waals surface area contributed by atoms with Gasteiger partial charge >= 0.3 is 0 Å². The van der Waals surface area contributed by atoms with Crippen LogP contribution in [0.2, 0.25) is 0 Å². The van der Waals surface area contributed by atoms with E-state index < -0.39 is 0 Å². The quantitative estimate of drug-likeness (QED) is 0.907. The molecule has 2 atom stereocenters. The van der Waals surface area contributed by atoms with Gasteiger partial charge < -0.3 is 15.0 Å². The van der Waals surface area contributed by atoms with Crippen molar-refractivity contribution in [1.82, 2.24) is 10.1 Å². The Morgan fingerprint density at radius 3 is 2.68 bits per heavy atom. The zero-order valence-electron chi connectivity index (χ0n) is 12.4. The smallest absolute Gasteiger partial charge is 0.231 e. The number of nitrogens with zero attached hydrogens (tertiary/aromatic N) is 2. The van der Waals surface area contributed by atoms with Gasteiger partial charge in [0, 0.05) is 13.2 Å². The molecule has 0 spiro atoms. The standard InChI is InChI=1S/C14H25N3O2/c1-13(2,3)8-10(9-15)11-16-12(17-19-11)14(4)6-5-7-18-14/h10H,5-9,15H2,1-4H3. The molecule has 2 rings (SSSR count). The third-order valence-electron chi connectivity index (χ3n) is 3.63. The average Bonchev–Trinajstić information content (AvgIpc) is 2.94. The summed E-state index contributed by atoms with van der Waals surface area (Å²) in [6, 6.07) is 0. The molecule has 2 unspecified atom stereocenters. The molecule has 0 bridgehead atoms. The molecular weight excluding hydrogens is 242 g/mol. The van der Waals surface area contributed by atoms with Crippen LogP contribution in [0.3, 0.4) is 0 Å². The highest BCUT2D eigenvalue weighted by molar-refractivity contribution is 5.04. The van der Waals surface area contributed by atoms with Crippen LogP contribution in [0.4, 0.5) is 0 Å². The van der Waals surface area contributed by atoms with Crippen molar-refractivity contribution >= 4 is 0 Å². The normalized spacial score (nSPS) is 25.7. The summed E-state index contributed by atoms with van der Waals surface area (Å²) in [7, 11) is 0. The Labute approximate surface area is 114 Å². The molecule has 5 heteroatoms. The molecule has 1 aromatic heterocycles. The summed E-state index contributed by atoms with van der Waals surface area (Å²) in [6.07, 6.45) is 2.92.